The van der Waals surface area contributed by atoms with Crippen molar-refractivity contribution in [1.82, 2.24) is 5.32 Å². The third-order valence-electron chi connectivity index (χ3n) is 11.4. The average molecular weight is 752 g/mol. The predicted octanol–water partition coefficient (Wildman–Crippen LogP) is 9.78. The van der Waals surface area contributed by atoms with Gasteiger partial charge in [-0.15, -0.1) is 0 Å². The van der Waals surface area contributed by atoms with Crippen molar-refractivity contribution in [3.8, 4) is 0 Å². The molecular formula is C42H65NO7Si2. The van der Waals surface area contributed by atoms with Gasteiger partial charge in [-0.3, -0.25) is 14.4 Å². The van der Waals surface area contributed by atoms with Crippen LogP contribution in [0.2, 0.25) is 36.3 Å². The smallest absolute Gasteiger partial charge is 0.337 e. The zero-order valence-electron chi connectivity index (χ0n) is 34.3. The molecule has 10 heteroatoms. The largest absolute Gasteiger partial charge is 0.456 e. The number of ether oxygens (including phenoxy) is 1. The molecule has 1 amide bonds. The topological polar surface area (TPSA) is 108 Å². The Hall–Kier alpha value is -3.19. The number of ketones is 2. The van der Waals surface area contributed by atoms with E-state index in [1.54, 1.807) is 58.9 Å². The van der Waals surface area contributed by atoms with E-state index < -0.39 is 63.9 Å². The molecule has 0 aliphatic rings. The number of Topliss-reactive ketones (excluding diaryl/α,β-unsaturated/α-hetero) is 2. The van der Waals surface area contributed by atoms with Crippen LogP contribution in [0.15, 0.2) is 71.8 Å². The number of esters is 1. The van der Waals surface area contributed by atoms with Gasteiger partial charge in [-0.25, -0.2) is 4.79 Å². The van der Waals surface area contributed by atoms with Gasteiger partial charge >= 0.3 is 5.97 Å². The number of benzene rings is 2. The number of hydrogen-bond donors (Lipinski definition) is 1. The van der Waals surface area contributed by atoms with Crippen LogP contribution in [-0.2, 0) is 28.0 Å². The third kappa shape index (κ3) is 10.9. The van der Waals surface area contributed by atoms with Crippen molar-refractivity contribution in [3.05, 3.63) is 82.9 Å². The molecule has 0 spiro atoms. The molecule has 8 nitrogen and oxygen atoms in total. The van der Waals surface area contributed by atoms with E-state index in [9.17, 15) is 19.2 Å². The van der Waals surface area contributed by atoms with E-state index in [0.717, 1.165) is 18.1 Å². The van der Waals surface area contributed by atoms with Crippen LogP contribution in [-0.4, -0.2) is 58.4 Å². The molecule has 0 fully saturated rings. The van der Waals surface area contributed by atoms with Crippen LogP contribution in [0.5, 0.6) is 0 Å². The molecule has 0 aliphatic carbocycles. The van der Waals surface area contributed by atoms with Crippen LogP contribution in [0, 0.1) is 5.41 Å². The predicted molar refractivity (Wildman–Crippen MR) is 215 cm³/mol. The maximum Gasteiger partial charge on any atom is 0.337 e. The first kappa shape index (κ1) is 45.0. The highest BCUT2D eigenvalue weighted by atomic mass is 28.4. The molecule has 0 aliphatic heterocycles. The molecule has 0 saturated heterocycles. The Morgan fingerprint density at radius 1 is 0.769 bits per heavy atom. The lowest BCUT2D eigenvalue weighted by Gasteiger charge is -2.41. The molecule has 2 rings (SSSR count). The third-order valence-corrected chi connectivity index (χ3v) is 20.5. The molecule has 0 bridgehead atoms. The number of rotatable bonds is 19. The Bertz CT molecular complexity index is 1530. The van der Waals surface area contributed by atoms with E-state index in [2.05, 4.69) is 46.9 Å². The number of nitrogens with one attached hydrogen (secondary N) is 1. The summed E-state index contributed by atoms with van der Waals surface area (Å²) in [5, 5.41) is 2.80. The second kappa shape index (κ2) is 18.7. The minimum atomic E-state index is -2.62. The van der Waals surface area contributed by atoms with Crippen LogP contribution in [0.4, 0.5) is 0 Å². The molecule has 0 aromatic heterocycles. The first-order valence-corrected chi connectivity index (χ1v) is 24.3. The van der Waals surface area contributed by atoms with Gasteiger partial charge < -0.3 is 18.9 Å². The normalized spacial score (nSPS) is 15.5. The number of hydrogen-bond acceptors (Lipinski definition) is 7. The molecule has 1 unspecified atom stereocenters. The van der Waals surface area contributed by atoms with E-state index in [0.29, 0.717) is 23.1 Å². The van der Waals surface area contributed by atoms with E-state index in [4.69, 9.17) is 13.6 Å². The van der Waals surface area contributed by atoms with Crippen molar-refractivity contribution < 1.29 is 32.8 Å². The molecule has 0 saturated carbocycles. The van der Waals surface area contributed by atoms with Crippen molar-refractivity contribution in [1.29, 1.82) is 0 Å². The number of carbonyl (C=O) groups is 4. The molecule has 52 heavy (non-hydrogen) atoms. The lowest BCUT2D eigenvalue weighted by atomic mass is 9.77. The van der Waals surface area contributed by atoms with Crippen molar-refractivity contribution in [2.45, 2.75) is 150 Å². The second-order valence-electron chi connectivity index (χ2n) is 16.1. The van der Waals surface area contributed by atoms with Crippen molar-refractivity contribution >= 4 is 40.1 Å². The Morgan fingerprint density at radius 3 is 1.73 bits per heavy atom. The second-order valence-corrected chi connectivity index (χ2v) is 25.5. The monoisotopic (exact) mass is 751 g/mol. The summed E-state index contributed by atoms with van der Waals surface area (Å²) in [6.45, 7) is 27.3. The van der Waals surface area contributed by atoms with Gasteiger partial charge in [-0.1, -0.05) is 97.0 Å². The summed E-state index contributed by atoms with van der Waals surface area (Å²) in [5.74, 6) is -2.17. The molecular weight excluding hydrogens is 687 g/mol. The quantitative estimate of drug-likeness (QED) is 0.0659. The summed E-state index contributed by atoms with van der Waals surface area (Å²) < 4.78 is 19.7. The highest BCUT2D eigenvalue weighted by Crippen LogP contribution is 2.40. The Labute approximate surface area is 315 Å². The molecule has 2 aromatic carbocycles. The van der Waals surface area contributed by atoms with Gasteiger partial charge in [0.1, 0.15) is 6.10 Å². The van der Waals surface area contributed by atoms with Crippen LogP contribution in [0.1, 0.15) is 111 Å². The summed E-state index contributed by atoms with van der Waals surface area (Å²) >= 11 is 0. The minimum absolute atomic E-state index is 0.233. The fraction of sp³-hybridized carbons (Fsp3) is 0.571. The molecule has 288 valence electrons. The highest BCUT2D eigenvalue weighted by Gasteiger charge is 2.46. The van der Waals surface area contributed by atoms with Gasteiger partial charge in [0.25, 0.3) is 5.91 Å². The van der Waals surface area contributed by atoms with Gasteiger partial charge in [0.05, 0.1) is 17.6 Å². The van der Waals surface area contributed by atoms with E-state index in [1.807, 2.05) is 56.4 Å². The van der Waals surface area contributed by atoms with E-state index in [-0.39, 0.29) is 16.5 Å². The van der Waals surface area contributed by atoms with Gasteiger partial charge in [0, 0.05) is 11.1 Å². The fourth-order valence-corrected chi connectivity index (χ4v) is 10.3. The van der Waals surface area contributed by atoms with Gasteiger partial charge in [0.2, 0.25) is 11.6 Å². The SMILES string of the molecule is CCC(O[Si](CC)(CC)CC)C(C)(C)C(=O)C(=O)/C(C)=C(\C)[C@H](C)OC(=O)[C@H](O[Si](C)(C)C(C)(C)C)[C@@H](NC(=O)c1ccccc1)c1ccccc1. The minimum Gasteiger partial charge on any atom is -0.456 e. The molecule has 1 N–H and O–H groups in total. The van der Waals surface area contributed by atoms with Crippen molar-refractivity contribution in [2.24, 2.45) is 5.41 Å². The summed E-state index contributed by atoms with van der Waals surface area (Å²) in [6.07, 6.45) is -1.86. The average Bonchev–Trinajstić information content (AvgIpc) is 3.12. The Balaban J connectivity index is 2.51. The van der Waals surface area contributed by atoms with Crippen molar-refractivity contribution in [2.75, 3.05) is 0 Å². The fourth-order valence-electron chi connectivity index (χ4n) is 6.02. The molecule has 4 atom stereocenters. The van der Waals surface area contributed by atoms with Gasteiger partial charge in [-0.05, 0) is 101 Å². The first-order valence-electron chi connectivity index (χ1n) is 18.9. The van der Waals surface area contributed by atoms with Crippen LogP contribution >= 0.6 is 0 Å². The Kier molecular flexibility index (Phi) is 16.2. The maximum absolute atomic E-state index is 14.4. The van der Waals surface area contributed by atoms with Crippen molar-refractivity contribution in [3.63, 3.8) is 0 Å². The van der Waals surface area contributed by atoms with Crippen LogP contribution in [0.25, 0.3) is 0 Å². The van der Waals surface area contributed by atoms with Crippen LogP contribution < -0.4 is 5.32 Å². The maximum atomic E-state index is 14.4. The van der Waals surface area contributed by atoms with Gasteiger partial charge in [0.15, 0.2) is 22.7 Å². The van der Waals surface area contributed by atoms with Gasteiger partial charge in [-0.2, -0.15) is 0 Å². The molecule has 0 heterocycles. The highest BCUT2D eigenvalue weighted by molar-refractivity contribution is 6.74. The summed E-state index contributed by atoms with van der Waals surface area (Å²) in [7, 11) is -4.67. The lowest BCUT2D eigenvalue weighted by Crippen LogP contribution is -2.52. The summed E-state index contributed by atoms with van der Waals surface area (Å²) in [5.41, 5.74) is 0.774. The number of amides is 1. The first-order chi connectivity index (χ1) is 24.1. The van der Waals surface area contributed by atoms with E-state index in [1.165, 1.54) is 0 Å². The lowest BCUT2D eigenvalue weighted by molar-refractivity contribution is -0.157. The van der Waals surface area contributed by atoms with Crippen LogP contribution in [0.3, 0.4) is 0 Å². The summed E-state index contributed by atoms with van der Waals surface area (Å²) in [4.78, 5) is 55.7. The zero-order valence-corrected chi connectivity index (χ0v) is 36.3. The Morgan fingerprint density at radius 2 is 1.27 bits per heavy atom. The molecule has 0 radical (unpaired) electrons. The summed E-state index contributed by atoms with van der Waals surface area (Å²) in [6, 6.07) is 20.0. The van der Waals surface area contributed by atoms with E-state index >= 15 is 0 Å². The molecule has 2 aromatic rings. The number of allylic oxidation sites excluding steroid dienone is 1. The standard InChI is InChI=1S/C42H65NO7Si2/c1-15-34(49-52(16-2,17-3)18-4)42(11,12)38(45)36(44)30(6)29(5)31(7)48-40(47)37(50-51(13,14)41(8,9)10)35(32-25-21-19-22-26-32)43-39(46)33-27-23-20-24-28-33/h19-28,31,34-35,37H,15-18H2,1-14H3,(H,43,46)/b30-29+/t31-,34?,35-,37+/m0/s1. The number of carbonyl (C=O) groups excluding carboxylic acids is 4. The zero-order chi connectivity index (χ0) is 39.7.